The maximum absolute atomic E-state index is 5.01. The van der Waals surface area contributed by atoms with Gasteiger partial charge in [0.1, 0.15) is 10.0 Å². The number of nitrogens with zero attached hydrogens (tertiary/aromatic N) is 3. The molecule has 2 aromatic heterocycles. The molecule has 0 radical (unpaired) electrons. The van der Waals surface area contributed by atoms with Gasteiger partial charge < -0.3 is 10.1 Å². The van der Waals surface area contributed by atoms with Crippen LogP contribution in [-0.2, 0) is 11.3 Å². The van der Waals surface area contributed by atoms with Crippen LogP contribution in [0, 0.1) is 6.92 Å². The van der Waals surface area contributed by atoms with Gasteiger partial charge in [-0.3, -0.25) is 0 Å². The molecule has 0 aliphatic rings. The lowest BCUT2D eigenvalue weighted by Gasteiger charge is -2.07. The number of nitrogens with one attached hydrogen (secondary N) is 1. The summed E-state index contributed by atoms with van der Waals surface area (Å²) in [4.78, 5) is 4.41. The van der Waals surface area contributed by atoms with E-state index in [1.54, 1.807) is 36.4 Å². The van der Waals surface area contributed by atoms with Gasteiger partial charge in [0, 0.05) is 26.4 Å². The number of hydrogen-bond acceptors (Lipinski definition) is 7. The molecule has 0 aromatic carbocycles. The molecule has 0 bridgehead atoms. The Hall–Kier alpha value is -1.02. The van der Waals surface area contributed by atoms with E-state index in [-0.39, 0.29) is 0 Å². The zero-order valence-corrected chi connectivity index (χ0v) is 12.6. The second-order valence-electron chi connectivity index (χ2n) is 3.83. The molecule has 5 nitrogen and oxygen atoms in total. The quantitative estimate of drug-likeness (QED) is 0.790. The zero-order chi connectivity index (χ0) is 13.5. The molecule has 0 amide bonds. The lowest BCUT2D eigenvalue weighted by Crippen LogP contribution is -2.19. The minimum Gasteiger partial charge on any atom is -0.383 e. The van der Waals surface area contributed by atoms with Crippen LogP contribution in [0.5, 0.6) is 0 Å². The molecule has 2 heterocycles. The van der Waals surface area contributed by atoms with E-state index >= 15 is 0 Å². The molecule has 7 heteroatoms. The number of ether oxygens (including phenoxy) is 1. The topological polar surface area (TPSA) is 59.9 Å². The van der Waals surface area contributed by atoms with Gasteiger partial charge in [-0.15, -0.1) is 10.2 Å². The monoisotopic (exact) mass is 296 g/mol. The highest BCUT2D eigenvalue weighted by atomic mass is 32.2. The highest BCUT2D eigenvalue weighted by Crippen LogP contribution is 2.30. The lowest BCUT2D eigenvalue weighted by molar-refractivity contribution is 0.199. The predicted molar refractivity (Wildman–Crippen MR) is 76.6 cm³/mol. The minimum atomic E-state index is 0.707. The Morgan fingerprint density at radius 2 is 2.32 bits per heavy atom. The normalized spacial score (nSPS) is 10.8. The number of rotatable bonds is 7. The summed E-state index contributed by atoms with van der Waals surface area (Å²) in [5.41, 5.74) is 1.16. The minimum absolute atomic E-state index is 0.707. The molecule has 0 fully saturated rings. The summed E-state index contributed by atoms with van der Waals surface area (Å²) in [5.74, 6) is 0. The van der Waals surface area contributed by atoms with E-state index < -0.39 is 0 Å². The fourth-order valence-electron chi connectivity index (χ4n) is 1.45. The van der Waals surface area contributed by atoms with E-state index in [9.17, 15) is 0 Å². The molecule has 0 aliphatic heterocycles. The van der Waals surface area contributed by atoms with E-state index in [0.717, 1.165) is 33.0 Å². The molecule has 19 heavy (non-hydrogen) atoms. The van der Waals surface area contributed by atoms with Gasteiger partial charge in [0.05, 0.1) is 6.61 Å². The standard InChI is InChI=1S/C12H16N4OS2/c1-9-15-16-12(18-9)19-11-10(4-3-5-14-11)8-13-6-7-17-2/h3-5,13H,6-8H2,1-2H3. The molecule has 0 saturated heterocycles. The van der Waals surface area contributed by atoms with Crippen molar-refractivity contribution in [3.63, 3.8) is 0 Å². The summed E-state index contributed by atoms with van der Waals surface area (Å²) in [6.07, 6.45) is 1.80. The zero-order valence-electron chi connectivity index (χ0n) is 10.9. The predicted octanol–water partition coefficient (Wildman–Crippen LogP) is 2.13. The van der Waals surface area contributed by atoms with Gasteiger partial charge in [0.25, 0.3) is 0 Å². The molecular formula is C12H16N4OS2. The summed E-state index contributed by atoms with van der Waals surface area (Å²) in [6, 6.07) is 4.02. The number of methoxy groups -OCH3 is 1. The van der Waals surface area contributed by atoms with E-state index in [4.69, 9.17) is 4.74 Å². The average Bonchev–Trinajstić information content (AvgIpc) is 2.82. The Balaban J connectivity index is 1.99. The second kappa shape index (κ2) is 7.54. The molecule has 0 spiro atoms. The highest BCUT2D eigenvalue weighted by Gasteiger charge is 2.08. The van der Waals surface area contributed by atoms with Gasteiger partial charge in [-0.25, -0.2) is 4.98 Å². The number of hydrogen-bond donors (Lipinski definition) is 1. The number of aromatic nitrogens is 3. The summed E-state index contributed by atoms with van der Waals surface area (Å²) in [5, 5.41) is 13.4. The Morgan fingerprint density at radius 3 is 3.05 bits per heavy atom. The highest BCUT2D eigenvalue weighted by molar-refractivity contribution is 8.01. The van der Waals surface area contributed by atoms with Crippen molar-refractivity contribution in [3.8, 4) is 0 Å². The van der Waals surface area contributed by atoms with E-state index in [2.05, 4.69) is 26.6 Å². The van der Waals surface area contributed by atoms with Crippen molar-refractivity contribution in [1.29, 1.82) is 0 Å². The third kappa shape index (κ3) is 4.54. The van der Waals surface area contributed by atoms with Crippen LogP contribution in [0.3, 0.4) is 0 Å². The summed E-state index contributed by atoms with van der Waals surface area (Å²) in [7, 11) is 1.70. The third-order valence-electron chi connectivity index (χ3n) is 2.34. The third-order valence-corrected chi connectivity index (χ3v) is 4.29. The van der Waals surface area contributed by atoms with Crippen molar-refractivity contribution in [2.24, 2.45) is 0 Å². The maximum Gasteiger partial charge on any atom is 0.180 e. The van der Waals surface area contributed by atoms with Gasteiger partial charge in [-0.1, -0.05) is 17.4 Å². The van der Waals surface area contributed by atoms with Crippen LogP contribution in [0.15, 0.2) is 27.7 Å². The first-order chi connectivity index (χ1) is 9.29. The largest absolute Gasteiger partial charge is 0.383 e. The first kappa shape index (κ1) is 14.4. The van der Waals surface area contributed by atoms with Crippen LogP contribution in [0.25, 0.3) is 0 Å². The molecule has 2 rings (SSSR count). The molecule has 0 atom stereocenters. The molecule has 2 aromatic rings. The maximum atomic E-state index is 5.01. The molecule has 0 saturated carbocycles. The molecule has 102 valence electrons. The first-order valence-electron chi connectivity index (χ1n) is 5.91. The van der Waals surface area contributed by atoms with Crippen LogP contribution in [0.4, 0.5) is 0 Å². The summed E-state index contributed by atoms with van der Waals surface area (Å²) < 4.78 is 5.93. The molecule has 0 aliphatic carbocycles. The van der Waals surface area contributed by atoms with Crippen LogP contribution < -0.4 is 5.32 Å². The molecule has 1 N–H and O–H groups in total. The van der Waals surface area contributed by atoms with Crippen molar-refractivity contribution >= 4 is 23.1 Å². The summed E-state index contributed by atoms with van der Waals surface area (Å²) >= 11 is 3.14. The van der Waals surface area contributed by atoms with Gasteiger partial charge in [0.2, 0.25) is 0 Å². The van der Waals surface area contributed by atoms with Crippen LogP contribution in [0.1, 0.15) is 10.6 Å². The first-order valence-corrected chi connectivity index (χ1v) is 7.54. The number of aryl methyl sites for hydroxylation is 1. The SMILES string of the molecule is COCCNCc1cccnc1Sc1nnc(C)s1. The van der Waals surface area contributed by atoms with Gasteiger partial charge in [-0.05, 0) is 30.3 Å². The average molecular weight is 296 g/mol. The van der Waals surface area contributed by atoms with Crippen LogP contribution >= 0.6 is 23.1 Å². The summed E-state index contributed by atoms with van der Waals surface area (Å²) in [6.45, 7) is 4.26. The van der Waals surface area contributed by atoms with Gasteiger partial charge >= 0.3 is 0 Å². The van der Waals surface area contributed by atoms with Crippen molar-refractivity contribution in [3.05, 3.63) is 28.9 Å². The van der Waals surface area contributed by atoms with Crippen LogP contribution in [-0.4, -0.2) is 35.4 Å². The fraction of sp³-hybridized carbons (Fsp3) is 0.417. The second-order valence-corrected chi connectivity index (χ2v) is 6.24. The van der Waals surface area contributed by atoms with Gasteiger partial charge in [0.15, 0.2) is 4.34 Å². The fourth-order valence-corrected chi connectivity index (χ4v) is 3.26. The Kier molecular flexibility index (Phi) is 5.71. The molecule has 0 unspecified atom stereocenters. The van der Waals surface area contributed by atoms with E-state index in [0.29, 0.717) is 6.61 Å². The smallest absolute Gasteiger partial charge is 0.180 e. The van der Waals surface area contributed by atoms with Crippen molar-refractivity contribution < 1.29 is 4.74 Å². The lowest BCUT2D eigenvalue weighted by atomic mass is 10.3. The van der Waals surface area contributed by atoms with E-state index in [1.807, 2.05) is 13.0 Å². The van der Waals surface area contributed by atoms with Crippen molar-refractivity contribution in [2.75, 3.05) is 20.3 Å². The van der Waals surface area contributed by atoms with Crippen molar-refractivity contribution in [2.45, 2.75) is 22.8 Å². The molecular weight excluding hydrogens is 280 g/mol. The van der Waals surface area contributed by atoms with Gasteiger partial charge in [-0.2, -0.15) is 0 Å². The number of pyridine rings is 1. The Morgan fingerprint density at radius 1 is 1.42 bits per heavy atom. The Bertz CT molecular complexity index is 518. The van der Waals surface area contributed by atoms with E-state index in [1.165, 1.54) is 0 Å². The van der Waals surface area contributed by atoms with Crippen molar-refractivity contribution in [1.82, 2.24) is 20.5 Å². The van der Waals surface area contributed by atoms with Crippen LogP contribution in [0.2, 0.25) is 0 Å². The Labute approximate surface area is 120 Å².